The van der Waals surface area contributed by atoms with E-state index in [0.29, 0.717) is 16.6 Å². The number of imide groups is 1. The van der Waals surface area contributed by atoms with E-state index in [-0.39, 0.29) is 43.0 Å². The van der Waals surface area contributed by atoms with Crippen molar-refractivity contribution in [3.63, 3.8) is 0 Å². The van der Waals surface area contributed by atoms with Crippen LogP contribution in [0.25, 0.3) is 0 Å². The van der Waals surface area contributed by atoms with Gasteiger partial charge in [0.25, 0.3) is 0 Å². The Morgan fingerprint density at radius 2 is 1.94 bits per heavy atom. The standard InChI is InChI=1S/C24H22ClN5O5/c1-2-29-22(31)12-20(30(24(29)34)14-15-6-8-16(25)9-7-15)28-19-11-10-17(13-26-19)35-21-5-3-4-18(27-21)23(32)33/h3-11,13,20H,2,12,14H2,1H3,(H,26,28)(H,32,33). The van der Waals surface area contributed by atoms with E-state index in [0.717, 1.165) is 5.56 Å². The molecule has 2 aromatic heterocycles. The number of carbonyl (C=O) groups is 3. The van der Waals surface area contributed by atoms with Crippen LogP contribution in [0.2, 0.25) is 5.02 Å². The fraction of sp³-hybridized carbons (Fsp3) is 0.208. The van der Waals surface area contributed by atoms with Crippen LogP contribution in [-0.2, 0) is 11.3 Å². The first-order valence-corrected chi connectivity index (χ1v) is 11.2. The number of rotatable bonds is 8. The molecule has 0 aliphatic carbocycles. The van der Waals surface area contributed by atoms with Crippen LogP contribution in [0.5, 0.6) is 11.6 Å². The van der Waals surface area contributed by atoms with Crippen LogP contribution in [0, 0.1) is 0 Å². The molecule has 1 aromatic carbocycles. The van der Waals surface area contributed by atoms with Crippen molar-refractivity contribution in [3.8, 4) is 11.6 Å². The van der Waals surface area contributed by atoms with Crippen molar-refractivity contribution in [1.82, 2.24) is 19.8 Å². The molecule has 10 nitrogen and oxygen atoms in total. The van der Waals surface area contributed by atoms with E-state index in [1.165, 1.54) is 29.3 Å². The highest BCUT2D eigenvalue weighted by Gasteiger charge is 2.38. The number of aromatic carboxylic acids is 1. The number of carbonyl (C=O) groups excluding carboxylic acids is 2. The molecule has 1 atom stereocenters. The van der Waals surface area contributed by atoms with Gasteiger partial charge in [-0.1, -0.05) is 29.8 Å². The maximum Gasteiger partial charge on any atom is 0.354 e. The first-order chi connectivity index (χ1) is 16.8. The summed E-state index contributed by atoms with van der Waals surface area (Å²) in [5, 5.41) is 12.8. The van der Waals surface area contributed by atoms with Crippen LogP contribution < -0.4 is 10.1 Å². The van der Waals surface area contributed by atoms with E-state index in [1.807, 2.05) is 12.1 Å². The fourth-order valence-corrected chi connectivity index (χ4v) is 3.72. The summed E-state index contributed by atoms with van der Waals surface area (Å²) in [5.74, 6) is -0.538. The smallest absolute Gasteiger partial charge is 0.354 e. The Morgan fingerprint density at radius 1 is 1.17 bits per heavy atom. The van der Waals surface area contributed by atoms with Crippen molar-refractivity contribution in [1.29, 1.82) is 0 Å². The second-order valence-electron chi connectivity index (χ2n) is 7.69. The van der Waals surface area contributed by atoms with Crippen LogP contribution in [0.1, 0.15) is 29.4 Å². The normalized spacial score (nSPS) is 15.8. The molecule has 35 heavy (non-hydrogen) atoms. The van der Waals surface area contributed by atoms with E-state index in [4.69, 9.17) is 21.4 Å². The average Bonchev–Trinajstić information content (AvgIpc) is 2.84. The van der Waals surface area contributed by atoms with Crippen molar-refractivity contribution in [3.05, 3.63) is 77.1 Å². The Kier molecular flexibility index (Phi) is 7.11. The fourth-order valence-electron chi connectivity index (χ4n) is 3.59. The van der Waals surface area contributed by atoms with Crippen molar-refractivity contribution in [2.45, 2.75) is 26.1 Å². The highest BCUT2D eigenvalue weighted by Crippen LogP contribution is 2.24. The average molecular weight is 496 g/mol. The van der Waals surface area contributed by atoms with Gasteiger partial charge < -0.3 is 15.2 Å². The molecule has 0 spiro atoms. The van der Waals surface area contributed by atoms with Gasteiger partial charge in [0.2, 0.25) is 11.8 Å². The summed E-state index contributed by atoms with van der Waals surface area (Å²) in [6, 6.07) is 14.5. The van der Waals surface area contributed by atoms with Gasteiger partial charge in [0.05, 0.1) is 12.6 Å². The number of ether oxygens (including phenoxy) is 1. The number of pyridine rings is 2. The Bertz CT molecular complexity index is 1240. The molecule has 0 bridgehead atoms. The number of carboxylic acids is 1. The summed E-state index contributed by atoms with van der Waals surface area (Å²) in [6.45, 7) is 2.32. The minimum Gasteiger partial charge on any atom is -0.477 e. The summed E-state index contributed by atoms with van der Waals surface area (Å²) in [7, 11) is 0. The van der Waals surface area contributed by atoms with E-state index >= 15 is 0 Å². The monoisotopic (exact) mass is 495 g/mol. The largest absolute Gasteiger partial charge is 0.477 e. The lowest BCUT2D eigenvalue weighted by Crippen LogP contribution is -2.58. The zero-order chi connectivity index (χ0) is 24.9. The van der Waals surface area contributed by atoms with E-state index in [9.17, 15) is 14.4 Å². The topological polar surface area (TPSA) is 125 Å². The third kappa shape index (κ3) is 5.67. The third-order valence-electron chi connectivity index (χ3n) is 5.32. The van der Waals surface area contributed by atoms with Gasteiger partial charge in [0.15, 0.2) is 5.69 Å². The maximum atomic E-state index is 13.0. The van der Waals surface area contributed by atoms with E-state index < -0.39 is 12.1 Å². The van der Waals surface area contributed by atoms with Gasteiger partial charge >= 0.3 is 12.0 Å². The Balaban J connectivity index is 1.49. The highest BCUT2D eigenvalue weighted by molar-refractivity contribution is 6.30. The molecule has 3 aromatic rings. The van der Waals surface area contributed by atoms with Crippen molar-refractivity contribution < 1.29 is 24.2 Å². The summed E-state index contributed by atoms with van der Waals surface area (Å²) in [4.78, 5) is 47.7. The van der Waals surface area contributed by atoms with Crippen LogP contribution in [0.15, 0.2) is 60.8 Å². The minimum atomic E-state index is -1.16. The van der Waals surface area contributed by atoms with Gasteiger partial charge in [-0.05, 0) is 42.8 Å². The summed E-state index contributed by atoms with van der Waals surface area (Å²) in [6.07, 6.45) is 0.909. The molecule has 1 unspecified atom stereocenters. The van der Waals surface area contributed by atoms with E-state index in [1.54, 1.807) is 36.1 Å². The molecular formula is C24H22ClN5O5. The number of hydrogen-bond donors (Lipinski definition) is 2. The number of carboxylic acid groups (broad SMARTS) is 1. The molecule has 11 heteroatoms. The van der Waals surface area contributed by atoms with Gasteiger partial charge in [-0.3, -0.25) is 14.6 Å². The van der Waals surface area contributed by atoms with Crippen LogP contribution in [0.4, 0.5) is 10.6 Å². The molecule has 1 aliphatic heterocycles. The molecule has 0 radical (unpaired) electrons. The second kappa shape index (κ2) is 10.4. The van der Waals surface area contributed by atoms with Gasteiger partial charge in [-0.2, -0.15) is 0 Å². The van der Waals surface area contributed by atoms with Gasteiger partial charge in [-0.15, -0.1) is 0 Å². The molecular weight excluding hydrogens is 474 g/mol. The molecule has 2 N–H and O–H groups in total. The molecule has 1 aliphatic rings. The highest BCUT2D eigenvalue weighted by atomic mass is 35.5. The van der Waals surface area contributed by atoms with Crippen LogP contribution >= 0.6 is 11.6 Å². The maximum absolute atomic E-state index is 13.0. The zero-order valence-corrected chi connectivity index (χ0v) is 19.5. The second-order valence-corrected chi connectivity index (χ2v) is 8.12. The summed E-state index contributed by atoms with van der Waals surface area (Å²) < 4.78 is 5.59. The quantitative estimate of drug-likeness (QED) is 0.475. The SMILES string of the molecule is CCN1C(=O)CC(Nc2ccc(Oc3cccc(C(=O)O)n3)cn2)N(Cc2ccc(Cl)cc2)C1=O. The number of anilines is 1. The minimum absolute atomic E-state index is 0.0823. The number of hydrogen-bond acceptors (Lipinski definition) is 7. The molecule has 1 fully saturated rings. The number of benzene rings is 1. The molecule has 3 heterocycles. The van der Waals surface area contributed by atoms with Crippen molar-refractivity contribution in [2.24, 2.45) is 0 Å². The van der Waals surface area contributed by atoms with Crippen molar-refractivity contribution in [2.75, 3.05) is 11.9 Å². The number of urea groups is 1. The predicted octanol–water partition coefficient (Wildman–Crippen LogP) is 4.23. The van der Waals surface area contributed by atoms with Crippen LogP contribution in [-0.4, -0.2) is 55.5 Å². The number of nitrogens with one attached hydrogen (secondary N) is 1. The number of aromatic nitrogens is 2. The van der Waals surface area contributed by atoms with Gasteiger partial charge in [0.1, 0.15) is 17.7 Å². The molecule has 4 rings (SSSR count). The Morgan fingerprint density at radius 3 is 2.60 bits per heavy atom. The third-order valence-corrected chi connectivity index (χ3v) is 5.57. The van der Waals surface area contributed by atoms with Crippen LogP contribution in [0.3, 0.4) is 0 Å². The lowest BCUT2D eigenvalue weighted by Gasteiger charge is -2.40. The van der Waals surface area contributed by atoms with E-state index in [2.05, 4.69) is 15.3 Å². The molecule has 3 amide bonds. The predicted molar refractivity (Wildman–Crippen MR) is 127 cm³/mol. The molecule has 1 saturated heterocycles. The van der Waals surface area contributed by atoms with Crippen molar-refractivity contribution >= 4 is 35.3 Å². The Labute approximate surface area is 206 Å². The zero-order valence-electron chi connectivity index (χ0n) is 18.7. The first-order valence-electron chi connectivity index (χ1n) is 10.8. The number of amides is 3. The van der Waals surface area contributed by atoms with Gasteiger partial charge in [0, 0.05) is 24.2 Å². The molecule has 180 valence electrons. The number of halogens is 1. The number of nitrogens with zero attached hydrogens (tertiary/aromatic N) is 4. The lowest BCUT2D eigenvalue weighted by atomic mass is 10.1. The Hall–Kier alpha value is -4.18. The first kappa shape index (κ1) is 24.0. The van der Waals surface area contributed by atoms with Gasteiger partial charge in [-0.25, -0.2) is 19.6 Å². The lowest BCUT2D eigenvalue weighted by molar-refractivity contribution is -0.132. The molecule has 0 saturated carbocycles. The summed E-state index contributed by atoms with van der Waals surface area (Å²) in [5.41, 5.74) is 0.732. The summed E-state index contributed by atoms with van der Waals surface area (Å²) >= 11 is 5.97.